The number of hydrogen-bond donors (Lipinski definition) is 0. The Morgan fingerprint density at radius 1 is 1.32 bits per heavy atom. The molecule has 120 valence electrons. The molecular formula is C17H23NO3S. The Morgan fingerprint density at radius 2 is 2.05 bits per heavy atom. The van der Waals surface area contributed by atoms with Crippen molar-refractivity contribution in [1.29, 1.82) is 0 Å². The van der Waals surface area contributed by atoms with Gasteiger partial charge < -0.3 is 4.90 Å². The molecule has 2 rings (SSSR count). The van der Waals surface area contributed by atoms with E-state index in [-0.39, 0.29) is 23.3 Å². The van der Waals surface area contributed by atoms with Crippen LogP contribution in [0.1, 0.15) is 18.4 Å². The largest absolute Gasteiger partial charge is 0.339 e. The summed E-state index contributed by atoms with van der Waals surface area (Å²) in [6.07, 6.45) is 3.44. The van der Waals surface area contributed by atoms with Crippen LogP contribution in [-0.2, 0) is 21.1 Å². The number of nitrogens with zero attached hydrogens (tertiary/aromatic N) is 1. The monoisotopic (exact) mass is 321 g/mol. The molecule has 1 heterocycles. The third kappa shape index (κ3) is 4.98. The summed E-state index contributed by atoms with van der Waals surface area (Å²) in [6.45, 7) is 4.84. The van der Waals surface area contributed by atoms with E-state index >= 15 is 0 Å². The zero-order valence-electron chi connectivity index (χ0n) is 12.8. The minimum Gasteiger partial charge on any atom is -0.339 e. The van der Waals surface area contributed by atoms with Crippen LogP contribution in [0.25, 0.3) is 0 Å². The zero-order chi connectivity index (χ0) is 16.0. The molecule has 1 aromatic carbocycles. The van der Waals surface area contributed by atoms with Gasteiger partial charge in [0.25, 0.3) is 0 Å². The number of carbonyl (C=O) groups is 1. The van der Waals surface area contributed by atoms with Gasteiger partial charge in [-0.25, -0.2) is 8.42 Å². The van der Waals surface area contributed by atoms with Crippen LogP contribution in [0.2, 0.25) is 0 Å². The molecule has 0 N–H and O–H groups in total. The molecule has 0 saturated carbocycles. The zero-order valence-corrected chi connectivity index (χ0v) is 13.6. The van der Waals surface area contributed by atoms with Crippen molar-refractivity contribution in [2.75, 3.05) is 24.6 Å². The van der Waals surface area contributed by atoms with Gasteiger partial charge in [0.05, 0.1) is 11.5 Å². The molecule has 5 heteroatoms. The molecule has 0 bridgehead atoms. The lowest BCUT2D eigenvalue weighted by molar-refractivity contribution is -0.131. The Morgan fingerprint density at radius 3 is 2.64 bits per heavy atom. The lowest BCUT2D eigenvalue weighted by Gasteiger charge is -2.22. The van der Waals surface area contributed by atoms with E-state index in [1.54, 1.807) is 11.0 Å². The summed E-state index contributed by atoms with van der Waals surface area (Å²) < 4.78 is 23.0. The van der Waals surface area contributed by atoms with E-state index < -0.39 is 9.84 Å². The number of rotatable bonds is 7. The first kappa shape index (κ1) is 16.7. The highest BCUT2D eigenvalue weighted by molar-refractivity contribution is 7.91. The van der Waals surface area contributed by atoms with Crippen LogP contribution in [0.5, 0.6) is 0 Å². The molecule has 0 unspecified atom stereocenters. The van der Waals surface area contributed by atoms with E-state index in [0.717, 1.165) is 6.42 Å². The van der Waals surface area contributed by atoms with Crippen LogP contribution in [0, 0.1) is 5.92 Å². The fourth-order valence-electron chi connectivity index (χ4n) is 2.79. The summed E-state index contributed by atoms with van der Waals surface area (Å²) in [5.41, 5.74) is 1.19. The maximum atomic E-state index is 12.4. The molecule has 0 aliphatic carbocycles. The number of benzene rings is 1. The molecule has 0 spiro atoms. The maximum absolute atomic E-state index is 12.4. The van der Waals surface area contributed by atoms with E-state index in [1.165, 1.54) is 5.56 Å². The second kappa shape index (κ2) is 7.58. The van der Waals surface area contributed by atoms with Gasteiger partial charge >= 0.3 is 0 Å². The van der Waals surface area contributed by atoms with Crippen LogP contribution in [0.3, 0.4) is 0 Å². The molecule has 1 saturated heterocycles. The Kier molecular flexibility index (Phi) is 5.77. The maximum Gasteiger partial charge on any atom is 0.223 e. The molecule has 0 aromatic heterocycles. The van der Waals surface area contributed by atoms with Gasteiger partial charge in [0.1, 0.15) is 0 Å². The van der Waals surface area contributed by atoms with Crippen molar-refractivity contribution in [2.24, 2.45) is 5.92 Å². The molecule has 1 aliphatic heterocycles. The van der Waals surface area contributed by atoms with E-state index in [1.807, 2.05) is 30.3 Å². The lowest BCUT2D eigenvalue weighted by Crippen LogP contribution is -2.34. The quantitative estimate of drug-likeness (QED) is 0.723. The van der Waals surface area contributed by atoms with Crippen molar-refractivity contribution in [3.8, 4) is 0 Å². The molecule has 1 aromatic rings. The molecule has 1 fully saturated rings. The molecule has 0 radical (unpaired) electrons. The summed E-state index contributed by atoms with van der Waals surface area (Å²) in [7, 11) is -2.93. The third-order valence-electron chi connectivity index (χ3n) is 4.01. The fraction of sp³-hybridized carbons (Fsp3) is 0.471. The predicted molar refractivity (Wildman–Crippen MR) is 88.3 cm³/mol. The second-order valence-electron chi connectivity index (χ2n) is 5.84. The van der Waals surface area contributed by atoms with Gasteiger partial charge in [-0.05, 0) is 24.3 Å². The highest BCUT2D eigenvalue weighted by atomic mass is 32.2. The van der Waals surface area contributed by atoms with Crippen molar-refractivity contribution < 1.29 is 13.2 Å². The summed E-state index contributed by atoms with van der Waals surface area (Å²) >= 11 is 0. The Hall–Kier alpha value is -1.62. The number of hydrogen-bond acceptors (Lipinski definition) is 3. The second-order valence-corrected chi connectivity index (χ2v) is 8.07. The van der Waals surface area contributed by atoms with Crippen molar-refractivity contribution in [2.45, 2.75) is 19.3 Å². The average Bonchev–Trinajstić information content (AvgIpc) is 2.83. The molecule has 22 heavy (non-hydrogen) atoms. The van der Waals surface area contributed by atoms with Gasteiger partial charge in [0.2, 0.25) is 5.91 Å². The fourth-order valence-corrected chi connectivity index (χ4v) is 4.65. The standard InChI is InChI=1S/C17H23NO3S/c1-2-10-18(11-8-15-6-4-3-5-7-15)17(19)13-16-9-12-22(20,21)14-16/h2-7,16H,1,8-14H2/t16-/m1/s1. The van der Waals surface area contributed by atoms with Crippen LogP contribution in [-0.4, -0.2) is 43.8 Å². The molecule has 4 nitrogen and oxygen atoms in total. The minimum atomic E-state index is -2.93. The van der Waals surface area contributed by atoms with Gasteiger partial charge in [0.15, 0.2) is 9.84 Å². The topological polar surface area (TPSA) is 54.5 Å². The Labute approximate surface area is 132 Å². The first-order valence-corrected chi connectivity index (χ1v) is 9.45. The van der Waals surface area contributed by atoms with Crippen molar-refractivity contribution >= 4 is 15.7 Å². The first-order valence-electron chi connectivity index (χ1n) is 7.63. The number of carbonyl (C=O) groups excluding carboxylic acids is 1. The summed E-state index contributed by atoms with van der Waals surface area (Å²) in [5, 5.41) is 0. The Balaban J connectivity index is 1.89. The number of amides is 1. The molecule has 1 amide bonds. The van der Waals surface area contributed by atoms with Crippen LogP contribution in [0.4, 0.5) is 0 Å². The summed E-state index contributed by atoms with van der Waals surface area (Å²) in [6, 6.07) is 10.0. The molecular weight excluding hydrogens is 298 g/mol. The highest BCUT2D eigenvalue weighted by Gasteiger charge is 2.30. The van der Waals surface area contributed by atoms with Gasteiger partial charge in [-0.3, -0.25) is 4.79 Å². The first-order chi connectivity index (χ1) is 10.5. The number of sulfone groups is 1. The van der Waals surface area contributed by atoms with E-state index in [2.05, 4.69) is 6.58 Å². The predicted octanol–water partition coefficient (Wildman–Crippen LogP) is 2.07. The van der Waals surface area contributed by atoms with Crippen LogP contribution < -0.4 is 0 Å². The van der Waals surface area contributed by atoms with Gasteiger partial charge in [-0.15, -0.1) is 6.58 Å². The highest BCUT2D eigenvalue weighted by Crippen LogP contribution is 2.22. The molecule has 1 atom stereocenters. The van der Waals surface area contributed by atoms with Crippen molar-refractivity contribution in [3.63, 3.8) is 0 Å². The van der Waals surface area contributed by atoms with E-state index in [0.29, 0.717) is 25.9 Å². The average molecular weight is 321 g/mol. The van der Waals surface area contributed by atoms with Crippen LogP contribution in [0.15, 0.2) is 43.0 Å². The van der Waals surface area contributed by atoms with Gasteiger partial charge in [-0.2, -0.15) is 0 Å². The summed E-state index contributed by atoms with van der Waals surface area (Å²) in [5.74, 6) is 0.370. The van der Waals surface area contributed by atoms with E-state index in [4.69, 9.17) is 0 Å². The van der Waals surface area contributed by atoms with Crippen molar-refractivity contribution in [3.05, 3.63) is 48.6 Å². The van der Waals surface area contributed by atoms with Gasteiger partial charge in [0, 0.05) is 19.5 Å². The van der Waals surface area contributed by atoms with E-state index in [9.17, 15) is 13.2 Å². The normalized spacial score (nSPS) is 19.7. The molecule has 1 aliphatic rings. The third-order valence-corrected chi connectivity index (χ3v) is 5.84. The van der Waals surface area contributed by atoms with Crippen molar-refractivity contribution in [1.82, 2.24) is 4.90 Å². The summed E-state index contributed by atoms with van der Waals surface area (Å²) in [4.78, 5) is 14.2. The van der Waals surface area contributed by atoms with Gasteiger partial charge in [-0.1, -0.05) is 36.4 Å². The van der Waals surface area contributed by atoms with Crippen LogP contribution >= 0.6 is 0 Å². The Bertz CT molecular complexity index is 610. The lowest BCUT2D eigenvalue weighted by atomic mass is 10.0. The SMILES string of the molecule is C=CCN(CCc1ccccc1)C(=O)C[C@H]1CCS(=O)(=O)C1. The smallest absolute Gasteiger partial charge is 0.223 e. The minimum absolute atomic E-state index is 0.0259.